The van der Waals surface area contributed by atoms with Crippen molar-refractivity contribution >= 4 is 16.7 Å². The van der Waals surface area contributed by atoms with Gasteiger partial charge in [-0.3, -0.25) is 9.78 Å². The van der Waals surface area contributed by atoms with E-state index in [1.165, 1.54) is 0 Å². The molecule has 0 radical (unpaired) electrons. The molecular formula is C18H22N2O. The van der Waals surface area contributed by atoms with E-state index in [2.05, 4.69) is 17.2 Å². The number of pyridine rings is 1. The highest BCUT2D eigenvalue weighted by Gasteiger charge is 2.40. The van der Waals surface area contributed by atoms with Crippen molar-refractivity contribution in [1.82, 2.24) is 10.3 Å². The predicted octanol–water partition coefficient (Wildman–Crippen LogP) is 3.51. The van der Waals surface area contributed by atoms with Crippen molar-refractivity contribution in [2.75, 3.05) is 13.1 Å². The number of hydrogen-bond donors (Lipinski definition) is 1. The summed E-state index contributed by atoms with van der Waals surface area (Å²) in [6.45, 7) is 5.89. The Labute approximate surface area is 125 Å². The van der Waals surface area contributed by atoms with Crippen molar-refractivity contribution in [3.8, 4) is 0 Å². The van der Waals surface area contributed by atoms with Crippen LogP contribution in [0.1, 0.15) is 42.2 Å². The van der Waals surface area contributed by atoms with Gasteiger partial charge >= 0.3 is 0 Å². The van der Waals surface area contributed by atoms with Gasteiger partial charge in [0.05, 0.1) is 5.52 Å². The van der Waals surface area contributed by atoms with E-state index in [0.29, 0.717) is 0 Å². The third-order valence-corrected chi connectivity index (χ3v) is 4.54. The Morgan fingerprint density at radius 3 is 2.90 bits per heavy atom. The lowest BCUT2D eigenvalue weighted by Gasteiger charge is -2.26. The molecule has 1 aromatic heterocycles. The summed E-state index contributed by atoms with van der Waals surface area (Å²) in [7, 11) is 0. The van der Waals surface area contributed by atoms with Gasteiger partial charge in [0.2, 0.25) is 0 Å². The van der Waals surface area contributed by atoms with E-state index in [9.17, 15) is 4.79 Å². The molecule has 1 aliphatic heterocycles. The van der Waals surface area contributed by atoms with Gasteiger partial charge in [-0.1, -0.05) is 19.4 Å². The first-order valence-electron chi connectivity index (χ1n) is 7.77. The van der Waals surface area contributed by atoms with Gasteiger partial charge < -0.3 is 5.32 Å². The summed E-state index contributed by atoms with van der Waals surface area (Å²) < 4.78 is 0. The van der Waals surface area contributed by atoms with Crippen LogP contribution in [0.25, 0.3) is 10.9 Å². The summed E-state index contributed by atoms with van der Waals surface area (Å²) in [6, 6.07) is 9.95. The fourth-order valence-corrected chi connectivity index (χ4v) is 3.42. The standard InChI is InChI=1S/C18H22N2O/c1-3-8-18(9-10-19-12-18)17(21)15-6-7-16-14(11-15)5-4-13(2)20-16/h4-7,11,19H,3,8-10,12H2,1-2H3. The SMILES string of the molecule is CCCC1(C(=O)c2ccc3nc(C)ccc3c2)CCNC1. The molecule has 2 aromatic rings. The number of carbonyl (C=O) groups excluding carboxylic acids is 1. The van der Waals surface area contributed by atoms with Gasteiger partial charge in [0.1, 0.15) is 0 Å². The Bertz CT molecular complexity index is 672. The van der Waals surface area contributed by atoms with Crippen molar-refractivity contribution in [2.45, 2.75) is 33.1 Å². The number of carbonyl (C=O) groups is 1. The van der Waals surface area contributed by atoms with Crippen LogP contribution in [0, 0.1) is 12.3 Å². The van der Waals surface area contributed by atoms with E-state index < -0.39 is 0 Å². The number of hydrogen-bond acceptors (Lipinski definition) is 3. The van der Waals surface area contributed by atoms with Crippen LogP contribution >= 0.6 is 0 Å². The molecule has 1 N–H and O–H groups in total. The second-order valence-electron chi connectivity index (χ2n) is 6.15. The third-order valence-electron chi connectivity index (χ3n) is 4.54. The van der Waals surface area contributed by atoms with E-state index in [4.69, 9.17) is 0 Å². The molecule has 1 aliphatic rings. The average Bonchev–Trinajstić information content (AvgIpc) is 2.96. The molecule has 3 heteroatoms. The summed E-state index contributed by atoms with van der Waals surface area (Å²) in [6.07, 6.45) is 2.95. The third kappa shape index (κ3) is 2.58. The molecule has 0 amide bonds. The minimum Gasteiger partial charge on any atom is -0.316 e. The maximum atomic E-state index is 13.0. The summed E-state index contributed by atoms with van der Waals surface area (Å²) >= 11 is 0. The Morgan fingerprint density at radius 2 is 2.19 bits per heavy atom. The van der Waals surface area contributed by atoms with Crippen LogP contribution in [-0.2, 0) is 0 Å². The zero-order valence-electron chi connectivity index (χ0n) is 12.8. The van der Waals surface area contributed by atoms with Crippen LogP contribution in [0.2, 0.25) is 0 Å². The minimum absolute atomic E-state index is 0.208. The van der Waals surface area contributed by atoms with Gasteiger partial charge in [-0.05, 0) is 50.6 Å². The molecule has 1 fully saturated rings. The molecule has 0 aliphatic carbocycles. The van der Waals surface area contributed by atoms with E-state index >= 15 is 0 Å². The van der Waals surface area contributed by atoms with Crippen molar-refractivity contribution in [3.05, 3.63) is 41.6 Å². The van der Waals surface area contributed by atoms with Crippen LogP contribution in [0.4, 0.5) is 0 Å². The molecule has 21 heavy (non-hydrogen) atoms. The minimum atomic E-state index is -0.208. The van der Waals surface area contributed by atoms with Crippen LogP contribution in [0.5, 0.6) is 0 Å². The lowest BCUT2D eigenvalue weighted by atomic mass is 9.76. The lowest BCUT2D eigenvalue weighted by Crippen LogP contribution is -2.33. The van der Waals surface area contributed by atoms with E-state index in [-0.39, 0.29) is 11.2 Å². The second-order valence-corrected chi connectivity index (χ2v) is 6.15. The van der Waals surface area contributed by atoms with Crippen molar-refractivity contribution < 1.29 is 4.79 Å². The molecule has 0 saturated carbocycles. The van der Waals surface area contributed by atoms with Crippen molar-refractivity contribution in [3.63, 3.8) is 0 Å². The van der Waals surface area contributed by atoms with Crippen molar-refractivity contribution in [2.24, 2.45) is 5.41 Å². The van der Waals surface area contributed by atoms with Crippen molar-refractivity contribution in [1.29, 1.82) is 0 Å². The fraction of sp³-hybridized carbons (Fsp3) is 0.444. The van der Waals surface area contributed by atoms with E-state index in [1.54, 1.807) is 0 Å². The molecule has 1 aromatic carbocycles. The molecule has 0 bridgehead atoms. The molecule has 2 heterocycles. The summed E-state index contributed by atoms with van der Waals surface area (Å²) in [5.41, 5.74) is 2.58. The smallest absolute Gasteiger partial charge is 0.170 e. The summed E-state index contributed by atoms with van der Waals surface area (Å²) in [4.78, 5) is 17.5. The summed E-state index contributed by atoms with van der Waals surface area (Å²) in [5, 5.41) is 4.41. The molecule has 1 atom stereocenters. The van der Waals surface area contributed by atoms with Crippen LogP contribution in [-0.4, -0.2) is 23.9 Å². The van der Waals surface area contributed by atoms with E-state index in [1.807, 2.05) is 37.3 Å². The monoisotopic (exact) mass is 282 g/mol. The normalized spacial score (nSPS) is 21.8. The molecule has 1 unspecified atom stereocenters. The Balaban J connectivity index is 1.99. The van der Waals surface area contributed by atoms with Crippen LogP contribution < -0.4 is 5.32 Å². The number of nitrogens with one attached hydrogen (secondary N) is 1. The highest BCUT2D eigenvalue weighted by Crippen LogP contribution is 2.35. The highest BCUT2D eigenvalue weighted by molar-refractivity contribution is 6.03. The number of aryl methyl sites for hydroxylation is 1. The number of fused-ring (bicyclic) bond motifs is 1. The first kappa shape index (κ1) is 14.2. The number of rotatable bonds is 4. The number of benzene rings is 1. The number of aromatic nitrogens is 1. The van der Waals surface area contributed by atoms with Gasteiger partial charge in [-0.2, -0.15) is 0 Å². The quantitative estimate of drug-likeness (QED) is 0.873. The first-order valence-corrected chi connectivity index (χ1v) is 7.77. The second kappa shape index (κ2) is 5.57. The van der Waals surface area contributed by atoms with Gasteiger partial charge in [0, 0.05) is 28.6 Å². The molecule has 0 spiro atoms. The average molecular weight is 282 g/mol. The van der Waals surface area contributed by atoms with Crippen LogP contribution in [0.15, 0.2) is 30.3 Å². The van der Waals surface area contributed by atoms with Gasteiger partial charge in [0.25, 0.3) is 0 Å². The first-order chi connectivity index (χ1) is 10.1. The molecule has 110 valence electrons. The van der Waals surface area contributed by atoms with Gasteiger partial charge in [0.15, 0.2) is 5.78 Å². The molecular weight excluding hydrogens is 260 g/mol. The highest BCUT2D eigenvalue weighted by atomic mass is 16.1. The largest absolute Gasteiger partial charge is 0.316 e. The lowest BCUT2D eigenvalue weighted by molar-refractivity contribution is 0.0802. The number of nitrogens with zero attached hydrogens (tertiary/aromatic N) is 1. The predicted molar refractivity (Wildman–Crippen MR) is 85.6 cm³/mol. The molecule has 3 nitrogen and oxygen atoms in total. The topological polar surface area (TPSA) is 42.0 Å². The summed E-state index contributed by atoms with van der Waals surface area (Å²) in [5.74, 6) is 0.289. The Kier molecular flexibility index (Phi) is 3.77. The zero-order chi connectivity index (χ0) is 14.9. The van der Waals surface area contributed by atoms with E-state index in [0.717, 1.165) is 54.5 Å². The number of Topliss-reactive ketones (excluding diaryl/α,β-unsaturated/α-hetero) is 1. The zero-order valence-corrected chi connectivity index (χ0v) is 12.8. The van der Waals surface area contributed by atoms with Gasteiger partial charge in [-0.15, -0.1) is 0 Å². The Morgan fingerprint density at radius 1 is 1.33 bits per heavy atom. The number of ketones is 1. The van der Waals surface area contributed by atoms with Crippen LogP contribution in [0.3, 0.4) is 0 Å². The van der Waals surface area contributed by atoms with Gasteiger partial charge in [-0.25, -0.2) is 0 Å². The molecule has 1 saturated heterocycles. The Hall–Kier alpha value is -1.74. The maximum absolute atomic E-state index is 13.0. The maximum Gasteiger partial charge on any atom is 0.170 e. The fourth-order valence-electron chi connectivity index (χ4n) is 3.42. The molecule has 3 rings (SSSR count).